The highest BCUT2D eigenvalue weighted by molar-refractivity contribution is 7.98. The van der Waals surface area contributed by atoms with E-state index in [-0.39, 0.29) is 11.4 Å². The van der Waals surface area contributed by atoms with Crippen molar-refractivity contribution in [2.45, 2.75) is 37.6 Å². The molecule has 3 rings (SSSR count). The van der Waals surface area contributed by atoms with Gasteiger partial charge in [0.25, 0.3) is 5.56 Å². The van der Waals surface area contributed by atoms with Gasteiger partial charge in [-0.1, -0.05) is 60.6 Å². The van der Waals surface area contributed by atoms with E-state index < -0.39 is 0 Å². The van der Waals surface area contributed by atoms with E-state index in [2.05, 4.69) is 6.07 Å². The summed E-state index contributed by atoms with van der Waals surface area (Å²) in [6.07, 6.45) is 1.28. The molecule has 140 valence electrons. The van der Waals surface area contributed by atoms with Crippen molar-refractivity contribution in [1.29, 1.82) is 0 Å². The largest absolute Gasteiger partial charge is 0.291 e. The molecule has 3 nitrogen and oxygen atoms in total. The molecule has 0 aliphatic carbocycles. The standard InChI is InChI=1S/C22H23FN2OS/c1-4-20-19(13-16-8-5-7-15(2)11-16)21(26)25(3)22(24-20)27-14-17-9-6-10-18(23)12-17/h5-12H,4,13-14H2,1-3H3. The number of rotatable bonds is 6. The second-order valence-corrected chi connectivity index (χ2v) is 7.56. The predicted molar refractivity (Wildman–Crippen MR) is 109 cm³/mol. The summed E-state index contributed by atoms with van der Waals surface area (Å²) in [5.74, 6) is 0.316. The lowest BCUT2D eigenvalue weighted by Gasteiger charge is -2.13. The van der Waals surface area contributed by atoms with Crippen LogP contribution in [-0.2, 0) is 25.6 Å². The van der Waals surface area contributed by atoms with Crippen molar-refractivity contribution in [2.75, 3.05) is 0 Å². The summed E-state index contributed by atoms with van der Waals surface area (Å²) in [5.41, 5.74) is 4.74. The molecule has 0 aliphatic heterocycles. The molecule has 0 spiro atoms. The monoisotopic (exact) mass is 382 g/mol. The van der Waals surface area contributed by atoms with Gasteiger partial charge >= 0.3 is 0 Å². The van der Waals surface area contributed by atoms with E-state index in [4.69, 9.17) is 4.98 Å². The molecule has 0 fully saturated rings. The molecule has 0 saturated heterocycles. The van der Waals surface area contributed by atoms with Crippen LogP contribution in [0.3, 0.4) is 0 Å². The lowest BCUT2D eigenvalue weighted by Crippen LogP contribution is -2.26. The third kappa shape index (κ3) is 4.66. The molecule has 0 unspecified atom stereocenters. The first kappa shape index (κ1) is 19.4. The molecule has 0 bridgehead atoms. The quantitative estimate of drug-likeness (QED) is 0.459. The minimum Gasteiger partial charge on any atom is -0.291 e. The Bertz CT molecular complexity index is 1010. The number of hydrogen-bond donors (Lipinski definition) is 0. The van der Waals surface area contributed by atoms with Gasteiger partial charge in [0.1, 0.15) is 5.82 Å². The number of halogens is 1. The number of aromatic nitrogens is 2. The first-order valence-corrected chi connectivity index (χ1v) is 9.98. The zero-order valence-corrected chi connectivity index (χ0v) is 16.6. The molecule has 2 aromatic carbocycles. The van der Waals surface area contributed by atoms with E-state index in [1.807, 2.05) is 38.1 Å². The lowest BCUT2D eigenvalue weighted by molar-refractivity contribution is 0.626. The van der Waals surface area contributed by atoms with Crippen molar-refractivity contribution in [2.24, 2.45) is 7.05 Å². The van der Waals surface area contributed by atoms with Crippen LogP contribution in [-0.4, -0.2) is 9.55 Å². The van der Waals surface area contributed by atoms with Gasteiger partial charge in [0, 0.05) is 24.8 Å². The average molecular weight is 383 g/mol. The Morgan fingerprint density at radius 2 is 1.85 bits per heavy atom. The van der Waals surface area contributed by atoms with Gasteiger partial charge in [0.05, 0.1) is 5.69 Å². The molecule has 27 heavy (non-hydrogen) atoms. The van der Waals surface area contributed by atoms with Crippen LogP contribution in [0.25, 0.3) is 0 Å². The highest BCUT2D eigenvalue weighted by Gasteiger charge is 2.15. The van der Waals surface area contributed by atoms with Crippen LogP contribution in [0.4, 0.5) is 4.39 Å². The van der Waals surface area contributed by atoms with Gasteiger partial charge in [-0.2, -0.15) is 0 Å². The SMILES string of the molecule is CCc1nc(SCc2cccc(F)c2)n(C)c(=O)c1Cc1cccc(C)c1. The number of thioether (sulfide) groups is 1. The first-order valence-electron chi connectivity index (χ1n) is 8.99. The van der Waals surface area contributed by atoms with Gasteiger partial charge in [0.15, 0.2) is 5.16 Å². The van der Waals surface area contributed by atoms with E-state index in [0.717, 1.165) is 22.4 Å². The molecule has 0 amide bonds. The zero-order chi connectivity index (χ0) is 19.4. The molecule has 0 saturated carbocycles. The van der Waals surface area contributed by atoms with Gasteiger partial charge in [-0.15, -0.1) is 0 Å². The van der Waals surface area contributed by atoms with Crippen LogP contribution in [0, 0.1) is 12.7 Å². The minimum atomic E-state index is -0.252. The second kappa shape index (κ2) is 8.53. The Morgan fingerprint density at radius 1 is 1.11 bits per heavy atom. The summed E-state index contributed by atoms with van der Waals surface area (Å²) in [7, 11) is 1.75. The lowest BCUT2D eigenvalue weighted by atomic mass is 10.0. The fourth-order valence-electron chi connectivity index (χ4n) is 3.07. The fourth-order valence-corrected chi connectivity index (χ4v) is 4.00. The smallest absolute Gasteiger partial charge is 0.257 e. The van der Waals surface area contributed by atoms with E-state index in [1.54, 1.807) is 17.7 Å². The van der Waals surface area contributed by atoms with Gasteiger partial charge in [-0.05, 0) is 36.6 Å². The molecule has 0 atom stereocenters. The van der Waals surface area contributed by atoms with E-state index in [0.29, 0.717) is 23.8 Å². The average Bonchev–Trinajstić information content (AvgIpc) is 2.65. The summed E-state index contributed by atoms with van der Waals surface area (Å²) in [4.78, 5) is 17.7. The molecule has 0 N–H and O–H groups in total. The third-order valence-electron chi connectivity index (χ3n) is 4.48. The Kier molecular flexibility index (Phi) is 6.11. The zero-order valence-electron chi connectivity index (χ0n) is 15.8. The molecule has 3 aromatic rings. The maximum atomic E-state index is 13.4. The van der Waals surface area contributed by atoms with E-state index >= 15 is 0 Å². The third-order valence-corrected chi connectivity index (χ3v) is 5.58. The highest BCUT2D eigenvalue weighted by Crippen LogP contribution is 2.22. The van der Waals surface area contributed by atoms with Crippen LogP contribution in [0.5, 0.6) is 0 Å². The molecule has 0 radical (unpaired) electrons. The van der Waals surface area contributed by atoms with Crippen molar-refractivity contribution < 1.29 is 4.39 Å². The number of aryl methyl sites for hydroxylation is 2. The summed E-state index contributed by atoms with van der Waals surface area (Å²) < 4.78 is 15.0. The van der Waals surface area contributed by atoms with E-state index in [1.165, 1.54) is 29.5 Å². The topological polar surface area (TPSA) is 34.9 Å². The maximum Gasteiger partial charge on any atom is 0.257 e. The van der Waals surface area contributed by atoms with E-state index in [9.17, 15) is 9.18 Å². The van der Waals surface area contributed by atoms with Crippen molar-refractivity contribution in [3.8, 4) is 0 Å². The molecule has 1 aromatic heterocycles. The normalized spacial score (nSPS) is 11.0. The fraction of sp³-hybridized carbons (Fsp3) is 0.273. The number of hydrogen-bond acceptors (Lipinski definition) is 3. The van der Waals surface area contributed by atoms with Gasteiger partial charge < -0.3 is 0 Å². The number of nitrogens with zero attached hydrogens (tertiary/aromatic N) is 2. The second-order valence-electron chi connectivity index (χ2n) is 6.62. The van der Waals surface area contributed by atoms with Crippen LogP contribution >= 0.6 is 11.8 Å². The van der Waals surface area contributed by atoms with Crippen molar-refractivity contribution in [3.63, 3.8) is 0 Å². The van der Waals surface area contributed by atoms with Gasteiger partial charge in [0.2, 0.25) is 0 Å². The molecule has 5 heteroatoms. The Morgan fingerprint density at radius 3 is 2.56 bits per heavy atom. The predicted octanol–water partition coefficient (Wildman–Crippen LogP) is 4.67. The number of benzene rings is 2. The summed E-state index contributed by atoms with van der Waals surface area (Å²) in [6.45, 7) is 4.06. The van der Waals surface area contributed by atoms with Crippen molar-refractivity contribution in [3.05, 3.63) is 92.6 Å². The van der Waals surface area contributed by atoms with Crippen molar-refractivity contribution >= 4 is 11.8 Å². The van der Waals surface area contributed by atoms with Gasteiger partial charge in [-0.3, -0.25) is 9.36 Å². The maximum absolute atomic E-state index is 13.4. The Hall–Kier alpha value is -2.40. The highest BCUT2D eigenvalue weighted by atomic mass is 32.2. The molecular weight excluding hydrogens is 359 g/mol. The first-order chi connectivity index (χ1) is 13.0. The summed E-state index contributed by atoms with van der Waals surface area (Å²) in [6, 6.07) is 14.7. The van der Waals surface area contributed by atoms with Gasteiger partial charge in [-0.25, -0.2) is 9.37 Å². The Labute approximate surface area is 163 Å². The van der Waals surface area contributed by atoms with Crippen molar-refractivity contribution in [1.82, 2.24) is 9.55 Å². The molecule has 1 heterocycles. The minimum absolute atomic E-state index is 0.00917. The molecule has 0 aliphatic rings. The summed E-state index contributed by atoms with van der Waals surface area (Å²) in [5, 5.41) is 0.661. The van der Waals surface area contributed by atoms with Crippen LogP contribution in [0.1, 0.15) is 34.9 Å². The Balaban J connectivity index is 1.89. The van der Waals surface area contributed by atoms with Crippen LogP contribution in [0.15, 0.2) is 58.5 Å². The van der Waals surface area contributed by atoms with Crippen LogP contribution < -0.4 is 5.56 Å². The summed E-state index contributed by atoms with van der Waals surface area (Å²) >= 11 is 1.46. The molecular formula is C22H23FN2OS. The van der Waals surface area contributed by atoms with Crippen LogP contribution in [0.2, 0.25) is 0 Å².